The van der Waals surface area contributed by atoms with Crippen LogP contribution in [0.15, 0.2) is 0 Å². The van der Waals surface area contributed by atoms with Crippen LogP contribution in [0.25, 0.3) is 0 Å². The van der Waals surface area contributed by atoms with E-state index in [0.717, 1.165) is 19.4 Å². The second kappa shape index (κ2) is 5.01. The van der Waals surface area contributed by atoms with Crippen molar-refractivity contribution in [2.75, 3.05) is 13.1 Å². The molecule has 18 heavy (non-hydrogen) atoms. The molecule has 2 N–H and O–H groups in total. The standard InChI is InChI=1S/C14H26N2O.ClH/c1-13(2)11(14(13,3)4)12(17)16-8-6-5-7-10(16)9-15;/h10-11H,5-9,15H2,1-4H3;1H. The van der Waals surface area contributed by atoms with Crippen molar-refractivity contribution in [3.8, 4) is 0 Å². The summed E-state index contributed by atoms with van der Waals surface area (Å²) in [5.41, 5.74) is 6.07. The van der Waals surface area contributed by atoms with E-state index < -0.39 is 0 Å². The maximum Gasteiger partial charge on any atom is 0.227 e. The summed E-state index contributed by atoms with van der Waals surface area (Å²) in [6.07, 6.45) is 3.43. The Hall–Kier alpha value is -0.280. The molecule has 2 fully saturated rings. The molecule has 1 aliphatic heterocycles. The van der Waals surface area contributed by atoms with Crippen LogP contribution >= 0.6 is 12.4 Å². The maximum atomic E-state index is 12.6. The minimum Gasteiger partial charge on any atom is -0.338 e. The van der Waals surface area contributed by atoms with Crippen molar-refractivity contribution in [3.63, 3.8) is 0 Å². The van der Waals surface area contributed by atoms with Crippen LogP contribution < -0.4 is 5.73 Å². The van der Waals surface area contributed by atoms with Gasteiger partial charge >= 0.3 is 0 Å². The van der Waals surface area contributed by atoms with Crippen molar-refractivity contribution in [2.45, 2.75) is 53.0 Å². The van der Waals surface area contributed by atoms with E-state index in [-0.39, 0.29) is 35.2 Å². The molecule has 1 heterocycles. The SMILES string of the molecule is CC1(C)C(C(=O)N2CCCCC2CN)C1(C)C.Cl. The molecular weight excluding hydrogens is 248 g/mol. The topological polar surface area (TPSA) is 46.3 Å². The molecule has 1 atom stereocenters. The van der Waals surface area contributed by atoms with E-state index in [1.807, 2.05) is 0 Å². The molecule has 1 saturated carbocycles. The van der Waals surface area contributed by atoms with Gasteiger partial charge in [0.1, 0.15) is 0 Å². The predicted octanol–water partition coefficient (Wildman–Crippen LogP) is 2.43. The molecule has 0 spiro atoms. The number of nitrogens with zero attached hydrogens (tertiary/aromatic N) is 1. The van der Waals surface area contributed by atoms with Gasteiger partial charge in [-0.3, -0.25) is 4.79 Å². The zero-order valence-electron chi connectivity index (χ0n) is 12.0. The largest absolute Gasteiger partial charge is 0.338 e. The molecule has 0 aromatic rings. The molecule has 2 aliphatic rings. The highest BCUT2D eigenvalue weighted by Gasteiger charge is 2.69. The first-order chi connectivity index (χ1) is 7.84. The molecule has 106 valence electrons. The van der Waals surface area contributed by atoms with Gasteiger partial charge in [0, 0.05) is 25.0 Å². The van der Waals surface area contributed by atoms with Gasteiger partial charge in [0.25, 0.3) is 0 Å². The zero-order chi connectivity index (χ0) is 12.8. The van der Waals surface area contributed by atoms with Gasteiger partial charge in [-0.15, -0.1) is 12.4 Å². The Balaban J connectivity index is 0.00000162. The molecular formula is C14H27ClN2O. The molecule has 1 unspecified atom stereocenters. The minimum absolute atomic E-state index is 0. The molecule has 0 aromatic heterocycles. The normalized spacial score (nSPS) is 29.6. The lowest BCUT2D eigenvalue weighted by Gasteiger charge is -2.35. The lowest BCUT2D eigenvalue weighted by molar-refractivity contribution is -0.137. The Morgan fingerprint density at radius 1 is 1.22 bits per heavy atom. The summed E-state index contributed by atoms with van der Waals surface area (Å²) in [4.78, 5) is 14.7. The zero-order valence-corrected chi connectivity index (χ0v) is 12.8. The summed E-state index contributed by atoms with van der Waals surface area (Å²) in [5, 5.41) is 0. The first kappa shape index (κ1) is 15.8. The average molecular weight is 275 g/mol. The van der Waals surface area contributed by atoms with Gasteiger partial charge in [-0.1, -0.05) is 27.7 Å². The molecule has 1 aliphatic carbocycles. The number of hydrogen-bond donors (Lipinski definition) is 1. The lowest BCUT2D eigenvalue weighted by Crippen LogP contribution is -2.48. The number of halogens is 1. The third-order valence-electron chi connectivity index (χ3n) is 5.45. The number of amides is 1. The van der Waals surface area contributed by atoms with E-state index in [1.54, 1.807) is 0 Å². The molecule has 3 nitrogen and oxygen atoms in total. The van der Waals surface area contributed by atoms with Crippen LogP contribution in [0.2, 0.25) is 0 Å². The van der Waals surface area contributed by atoms with Gasteiger partial charge in [0.05, 0.1) is 0 Å². The Kier molecular flexibility index (Phi) is 4.39. The molecule has 1 amide bonds. The average Bonchev–Trinajstić information content (AvgIpc) is 2.68. The fraction of sp³-hybridized carbons (Fsp3) is 0.929. The number of likely N-dealkylation sites (tertiary alicyclic amines) is 1. The summed E-state index contributed by atoms with van der Waals surface area (Å²) in [7, 11) is 0. The van der Waals surface area contributed by atoms with Crippen LogP contribution in [0.3, 0.4) is 0 Å². The summed E-state index contributed by atoms with van der Waals surface area (Å²) in [6, 6.07) is 0.281. The minimum atomic E-state index is 0. The summed E-state index contributed by atoms with van der Waals surface area (Å²) < 4.78 is 0. The van der Waals surface area contributed by atoms with Crippen LogP contribution in [-0.2, 0) is 4.79 Å². The number of nitrogens with two attached hydrogens (primary N) is 1. The highest BCUT2D eigenvalue weighted by atomic mass is 35.5. The molecule has 0 bridgehead atoms. The van der Waals surface area contributed by atoms with E-state index in [1.165, 1.54) is 6.42 Å². The number of hydrogen-bond acceptors (Lipinski definition) is 2. The fourth-order valence-corrected chi connectivity index (χ4v) is 3.52. The first-order valence-electron chi connectivity index (χ1n) is 6.84. The molecule has 0 radical (unpaired) electrons. The van der Waals surface area contributed by atoms with Crippen molar-refractivity contribution < 1.29 is 4.79 Å². The van der Waals surface area contributed by atoms with Gasteiger partial charge < -0.3 is 10.6 Å². The van der Waals surface area contributed by atoms with E-state index in [9.17, 15) is 4.79 Å². The Morgan fingerprint density at radius 3 is 2.22 bits per heavy atom. The molecule has 0 aromatic carbocycles. The molecule has 1 saturated heterocycles. The van der Waals surface area contributed by atoms with Gasteiger partial charge in [-0.25, -0.2) is 0 Å². The van der Waals surface area contributed by atoms with Gasteiger partial charge in [-0.2, -0.15) is 0 Å². The molecule has 2 rings (SSSR count). The third-order valence-corrected chi connectivity index (χ3v) is 5.45. The number of rotatable bonds is 2. The Bertz CT molecular complexity index is 314. The number of piperidine rings is 1. The summed E-state index contributed by atoms with van der Waals surface area (Å²) >= 11 is 0. The monoisotopic (exact) mass is 274 g/mol. The summed E-state index contributed by atoms with van der Waals surface area (Å²) in [5.74, 6) is 0.525. The van der Waals surface area contributed by atoms with E-state index >= 15 is 0 Å². The van der Waals surface area contributed by atoms with Crippen molar-refractivity contribution >= 4 is 18.3 Å². The summed E-state index contributed by atoms with van der Waals surface area (Å²) in [6.45, 7) is 10.3. The van der Waals surface area contributed by atoms with Crippen LogP contribution in [0.1, 0.15) is 47.0 Å². The maximum absolute atomic E-state index is 12.6. The second-order valence-corrected chi connectivity index (χ2v) is 6.79. The van der Waals surface area contributed by atoms with Crippen LogP contribution in [0.5, 0.6) is 0 Å². The van der Waals surface area contributed by atoms with Gasteiger partial charge in [0.15, 0.2) is 0 Å². The number of carbonyl (C=O) groups excluding carboxylic acids is 1. The lowest BCUT2D eigenvalue weighted by atomic mass is 10.0. The van der Waals surface area contributed by atoms with E-state index in [0.29, 0.717) is 12.5 Å². The van der Waals surface area contributed by atoms with E-state index in [2.05, 4.69) is 32.6 Å². The van der Waals surface area contributed by atoms with Crippen molar-refractivity contribution in [2.24, 2.45) is 22.5 Å². The Labute approximate surface area is 117 Å². The smallest absolute Gasteiger partial charge is 0.227 e. The Morgan fingerprint density at radius 2 is 1.78 bits per heavy atom. The van der Waals surface area contributed by atoms with Crippen molar-refractivity contribution in [1.29, 1.82) is 0 Å². The number of carbonyl (C=O) groups is 1. The van der Waals surface area contributed by atoms with Gasteiger partial charge in [0.2, 0.25) is 5.91 Å². The van der Waals surface area contributed by atoms with Crippen LogP contribution in [0.4, 0.5) is 0 Å². The van der Waals surface area contributed by atoms with Crippen LogP contribution in [0, 0.1) is 16.7 Å². The third kappa shape index (κ3) is 2.16. The molecule has 4 heteroatoms. The fourth-order valence-electron chi connectivity index (χ4n) is 3.52. The highest BCUT2D eigenvalue weighted by molar-refractivity contribution is 5.85. The van der Waals surface area contributed by atoms with Crippen molar-refractivity contribution in [3.05, 3.63) is 0 Å². The van der Waals surface area contributed by atoms with Crippen LogP contribution in [-0.4, -0.2) is 29.9 Å². The first-order valence-corrected chi connectivity index (χ1v) is 6.84. The van der Waals surface area contributed by atoms with Crippen molar-refractivity contribution in [1.82, 2.24) is 4.90 Å². The van der Waals surface area contributed by atoms with E-state index in [4.69, 9.17) is 5.73 Å². The predicted molar refractivity (Wildman–Crippen MR) is 76.7 cm³/mol. The highest BCUT2D eigenvalue weighted by Crippen LogP contribution is 2.68. The van der Waals surface area contributed by atoms with Gasteiger partial charge in [-0.05, 0) is 30.1 Å². The quantitative estimate of drug-likeness (QED) is 0.841. The second-order valence-electron chi connectivity index (χ2n) is 6.79.